The number of nitrogens with zero attached hydrogens (tertiary/aromatic N) is 6. The normalized spacial score (nSPS) is 11.1. The van der Waals surface area contributed by atoms with E-state index in [1.54, 1.807) is 6.07 Å². The Balaban J connectivity index is 1.29. The molecule has 0 aliphatic rings. The van der Waals surface area contributed by atoms with Gasteiger partial charge in [-0.15, -0.1) is 0 Å². The second-order valence-electron chi connectivity index (χ2n) is 9.06. The summed E-state index contributed by atoms with van der Waals surface area (Å²) in [7, 11) is 5.39. The van der Waals surface area contributed by atoms with Crippen LogP contribution in [0.1, 0.15) is 22.4 Å². The molecule has 8 nitrogen and oxygen atoms in total. The summed E-state index contributed by atoms with van der Waals surface area (Å²) in [5, 5.41) is 8.79. The molecule has 10 heteroatoms. The third-order valence-corrected chi connectivity index (χ3v) is 6.52. The molecule has 5 aromatic rings. The van der Waals surface area contributed by atoms with Crippen molar-refractivity contribution in [2.45, 2.75) is 19.5 Å². The highest BCUT2D eigenvalue weighted by molar-refractivity contribution is 6.31. The zero-order valence-electron chi connectivity index (χ0n) is 21.3. The van der Waals surface area contributed by atoms with E-state index in [0.717, 1.165) is 28.9 Å². The molecule has 0 atom stereocenters. The first-order valence-corrected chi connectivity index (χ1v) is 12.4. The first-order valence-electron chi connectivity index (χ1n) is 12.0. The Morgan fingerprint density at radius 2 is 1.82 bits per heavy atom. The van der Waals surface area contributed by atoms with Crippen LogP contribution in [0.5, 0.6) is 5.75 Å². The molecule has 3 heterocycles. The largest absolute Gasteiger partial charge is 0.494 e. The zero-order chi connectivity index (χ0) is 26.6. The third-order valence-electron chi connectivity index (χ3n) is 6.17. The molecular weight excluding hydrogens is 505 g/mol. The van der Waals surface area contributed by atoms with Crippen LogP contribution in [0.2, 0.25) is 5.02 Å². The Hall–Kier alpha value is -4.24. The van der Waals surface area contributed by atoms with E-state index in [1.165, 1.54) is 25.1 Å². The first-order chi connectivity index (χ1) is 18.4. The third kappa shape index (κ3) is 5.52. The van der Waals surface area contributed by atoms with Crippen molar-refractivity contribution in [2.75, 3.05) is 31.4 Å². The zero-order valence-corrected chi connectivity index (χ0v) is 22.1. The smallest absolute Gasteiger partial charge is 0.186 e. The van der Waals surface area contributed by atoms with E-state index in [1.807, 2.05) is 48.1 Å². The van der Waals surface area contributed by atoms with Gasteiger partial charge in [0.1, 0.15) is 18.0 Å². The number of ether oxygens (including phenoxy) is 1. The molecule has 5 rings (SSSR count). The van der Waals surface area contributed by atoms with Gasteiger partial charge in [-0.05, 0) is 35.4 Å². The monoisotopic (exact) mass is 531 g/mol. The predicted molar refractivity (Wildman–Crippen MR) is 148 cm³/mol. The van der Waals surface area contributed by atoms with Gasteiger partial charge in [-0.2, -0.15) is 5.10 Å². The maximum absolute atomic E-state index is 14.7. The van der Waals surface area contributed by atoms with Gasteiger partial charge in [0.15, 0.2) is 17.2 Å². The average Bonchev–Trinajstić information content (AvgIpc) is 3.33. The lowest BCUT2D eigenvalue weighted by atomic mass is 10.1. The number of hydrogen-bond acceptors (Lipinski definition) is 7. The number of methoxy groups -OCH3 is 1. The van der Waals surface area contributed by atoms with E-state index in [0.29, 0.717) is 28.6 Å². The highest BCUT2D eigenvalue weighted by Crippen LogP contribution is 2.28. The molecule has 2 aromatic carbocycles. The Morgan fingerprint density at radius 1 is 1.03 bits per heavy atom. The van der Waals surface area contributed by atoms with Gasteiger partial charge >= 0.3 is 0 Å². The fraction of sp³-hybridized carbons (Fsp3) is 0.214. The summed E-state index contributed by atoms with van der Waals surface area (Å²) in [6.45, 7) is 0.702. The molecule has 0 spiro atoms. The number of nitrogens with one attached hydrogen (secondary N) is 1. The summed E-state index contributed by atoms with van der Waals surface area (Å²) in [4.78, 5) is 15.3. The maximum Gasteiger partial charge on any atom is 0.186 e. The van der Waals surface area contributed by atoms with Crippen LogP contribution in [0.3, 0.4) is 0 Å². The van der Waals surface area contributed by atoms with Crippen molar-refractivity contribution >= 4 is 34.3 Å². The number of benzene rings is 2. The molecule has 194 valence electrons. The molecule has 0 unspecified atom stereocenters. The Kier molecular flexibility index (Phi) is 7.37. The van der Waals surface area contributed by atoms with Gasteiger partial charge in [-0.25, -0.2) is 19.3 Å². The second-order valence-corrected chi connectivity index (χ2v) is 9.46. The van der Waals surface area contributed by atoms with Gasteiger partial charge in [0.2, 0.25) is 0 Å². The van der Waals surface area contributed by atoms with Crippen molar-refractivity contribution < 1.29 is 9.13 Å². The number of halogens is 2. The van der Waals surface area contributed by atoms with Crippen LogP contribution in [0.15, 0.2) is 67.1 Å². The molecule has 0 bridgehead atoms. The second kappa shape index (κ2) is 11.0. The highest BCUT2D eigenvalue weighted by atomic mass is 35.5. The molecule has 1 N–H and O–H groups in total. The summed E-state index contributed by atoms with van der Waals surface area (Å²) < 4.78 is 21.6. The van der Waals surface area contributed by atoms with Crippen LogP contribution in [0, 0.1) is 5.82 Å². The molecule has 0 amide bonds. The summed E-state index contributed by atoms with van der Waals surface area (Å²) in [6.07, 6.45) is 4.07. The lowest BCUT2D eigenvalue weighted by Crippen LogP contribution is -2.11. The first kappa shape index (κ1) is 25.4. The quantitative estimate of drug-likeness (QED) is 0.275. The average molecular weight is 532 g/mol. The van der Waals surface area contributed by atoms with Gasteiger partial charge in [-0.3, -0.25) is 4.68 Å². The van der Waals surface area contributed by atoms with Crippen LogP contribution < -0.4 is 15.0 Å². The fourth-order valence-electron chi connectivity index (χ4n) is 4.15. The minimum Gasteiger partial charge on any atom is -0.494 e. The van der Waals surface area contributed by atoms with Crippen molar-refractivity contribution in [3.63, 3.8) is 0 Å². The van der Waals surface area contributed by atoms with Crippen molar-refractivity contribution in [3.8, 4) is 5.75 Å². The summed E-state index contributed by atoms with van der Waals surface area (Å²) >= 11 is 6.22. The maximum atomic E-state index is 14.7. The summed E-state index contributed by atoms with van der Waals surface area (Å²) in [5.74, 6) is 1.12. The molecular formula is C28H27ClFN7O. The molecule has 0 fully saturated rings. The van der Waals surface area contributed by atoms with Gasteiger partial charge in [0.25, 0.3) is 0 Å². The van der Waals surface area contributed by atoms with Gasteiger partial charge in [-0.1, -0.05) is 41.9 Å². The van der Waals surface area contributed by atoms with E-state index in [4.69, 9.17) is 21.3 Å². The van der Waals surface area contributed by atoms with E-state index in [-0.39, 0.29) is 12.3 Å². The number of fused-ring (bicyclic) bond motifs is 1. The number of anilines is 2. The van der Waals surface area contributed by atoms with Crippen LogP contribution in [-0.4, -0.2) is 45.9 Å². The molecule has 3 aromatic heterocycles. The lowest BCUT2D eigenvalue weighted by Gasteiger charge is -2.12. The number of pyridine rings is 1. The van der Waals surface area contributed by atoms with Crippen LogP contribution in [0.4, 0.5) is 16.0 Å². The molecule has 38 heavy (non-hydrogen) atoms. The topological polar surface area (TPSA) is 81.0 Å². The molecule has 0 saturated carbocycles. The number of hydrogen-bond donors (Lipinski definition) is 1. The minimum absolute atomic E-state index is 0.132. The van der Waals surface area contributed by atoms with Crippen LogP contribution in [0.25, 0.3) is 11.0 Å². The van der Waals surface area contributed by atoms with E-state index >= 15 is 0 Å². The summed E-state index contributed by atoms with van der Waals surface area (Å²) in [5.41, 5.74) is 4.15. The Labute approximate surface area is 225 Å². The van der Waals surface area contributed by atoms with E-state index < -0.39 is 5.82 Å². The van der Waals surface area contributed by atoms with Gasteiger partial charge in [0, 0.05) is 49.5 Å². The summed E-state index contributed by atoms with van der Waals surface area (Å²) in [6, 6.07) is 17.6. The minimum atomic E-state index is -0.502. The number of aromatic nitrogens is 5. The Bertz CT molecular complexity index is 1570. The lowest BCUT2D eigenvalue weighted by molar-refractivity contribution is 0.384. The van der Waals surface area contributed by atoms with Gasteiger partial charge < -0.3 is 15.0 Å². The highest BCUT2D eigenvalue weighted by Gasteiger charge is 2.15. The van der Waals surface area contributed by atoms with Crippen molar-refractivity contribution in [1.29, 1.82) is 0 Å². The van der Waals surface area contributed by atoms with Crippen LogP contribution in [-0.2, 0) is 19.5 Å². The number of rotatable bonds is 9. The molecule has 0 saturated heterocycles. The molecule has 0 aliphatic carbocycles. The molecule has 0 radical (unpaired) electrons. The van der Waals surface area contributed by atoms with E-state index in [9.17, 15) is 4.39 Å². The fourth-order valence-corrected chi connectivity index (χ4v) is 4.36. The predicted octanol–water partition coefficient (Wildman–Crippen LogP) is 5.34. The SMILES string of the molecule is COc1ccc(Cl)c(CNc2ncnc3nn(Cc4ccc(Cc5cccc(N(C)C)n5)cc4)cc23)c1F. The standard InChI is InChI=1S/C28H27ClFN7O/c1-36(2)25-6-4-5-20(34-25)13-18-7-9-19(10-8-18)15-37-16-22-27(32-17-33-28(22)35-37)31-14-21-23(29)11-12-24(38-3)26(21)30/h4-12,16-17H,13-15H2,1-3H3,(H,31,32,33,35). The molecule has 0 aliphatic heterocycles. The van der Waals surface area contributed by atoms with Crippen molar-refractivity contribution in [2.24, 2.45) is 0 Å². The van der Waals surface area contributed by atoms with Crippen molar-refractivity contribution in [1.82, 2.24) is 24.7 Å². The van der Waals surface area contributed by atoms with Crippen LogP contribution >= 0.6 is 11.6 Å². The van der Waals surface area contributed by atoms with Crippen molar-refractivity contribution in [3.05, 3.63) is 100 Å². The Morgan fingerprint density at radius 3 is 2.58 bits per heavy atom. The van der Waals surface area contributed by atoms with E-state index in [2.05, 4.69) is 44.6 Å². The van der Waals surface area contributed by atoms with Gasteiger partial charge in [0.05, 0.1) is 19.0 Å².